The van der Waals surface area contributed by atoms with Crippen molar-refractivity contribution in [2.75, 3.05) is 0 Å². The van der Waals surface area contributed by atoms with E-state index in [1.807, 2.05) is 6.07 Å². The lowest BCUT2D eigenvalue weighted by atomic mass is 9.83. The molecule has 264 valence electrons. The van der Waals surface area contributed by atoms with Crippen LogP contribution in [0.1, 0.15) is 0 Å². The van der Waals surface area contributed by atoms with Gasteiger partial charge >= 0.3 is 0 Å². The third-order valence-corrected chi connectivity index (χ3v) is 12.0. The molecule has 12 aromatic rings. The first-order chi connectivity index (χ1) is 28.3. The molecule has 1 nitrogen and oxygen atoms in total. The van der Waals surface area contributed by atoms with E-state index in [4.69, 9.17) is 4.42 Å². The van der Waals surface area contributed by atoms with Gasteiger partial charge in [0.05, 0.1) is 0 Å². The fraction of sp³-hybridized carbons (Fsp3) is 0. The second-order valence-corrected chi connectivity index (χ2v) is 15.2. The van der Waals surface area contributed by atoms with Gasteiger partial charge in [-0.05, 0) is 141 Å². The molecule has 0 radical (unpaired) electrons. The van der Waals surface area contributed by atoms with Crippen LogP contribution >= 0.6 is 0 Å². The molecule has 0 fully saturated rings. The van der Waals surface area contributed by atoms with Crippen molar-refractivity contribution in [1.82, 2.24) is 0 Å². The third kappa shape index (κ3) is 4.96. The minimum Gasteiger partial charge on any atom is -0.456 e. The van der Waals surface area contributed by atoms with Crippen LogP contribution in [-0.4, -0.2) is 0 Å². The Morgan fingerprint density at radius 2 is 0.614 bits per heavy atom. The number of para-hydroxylation sites is 1. The fourth-order valence-electron chi connectivity index (χ4n) is 9.44. The zero-order chi connectivity index (χ0) is 37.5. The van der Waals surface area contributed by atoms with Crippen LogP contribution in [0.25, 0.3) is 120 Å². The van der Waals surface area contributed by atoms with Crippen LogP contribution in [0.2, 0.25) is 0 Å². The summed E-state index contributed by atoms with van der Waals surface area (Å²) in [5.41, 5.74) is 11.6. The van der Waals surface area contributed by atoms with Crippen LogP contribution in [0, 0.1) is 0 Å². The van der Waals surface area contributed by atoms with E-state index in [0.29, 0.717) is 0 Å². The Morgan fingerprint density at radius 3 is 1.19 bits per heavy atom. The predicted molar refractivity (Wildman–Crippen MR) is 243 cm³/mol. The summed E-state index contributed by atoms with van der Waals surface area (Å²) < 4.78 is 6.42. The highest BCUT2D eigenvalue weighted by molar-refractivity contribution is 6.29. The first-order valence-electron chi connectivity index (χ1n) is 19.7. The molecule has 1 aromatic heterocycles. The Bertz CT molecular complexity index is 3440. The van der Waals surface area contributed by atoms with E-state index in [0.717, 1.165) is 21.9 Å². The van der Waals surface area contributed by atoms with E-state index in [-0.39, 0.29) is 0 Å². The van der Waals surface area contributed by atoms with Gasteiger partial charge in [0, 0.05) is 10.8 Å². The second-order valence-electron chi connectivity index (χ2n) is 15.2. The molecule has 0 aliphatic rings. The molecule has 0 spiro atoms. The Morgan fingerprint density at radius 1 is 0.193 bits per heavy atom. The number of hydrogen-bond donors (Lipinski definition) is 0. The summed E-state index contributed by atoms with van der Waals surface area (Å²) in [7, 11) is 0. The zero-order valence-electron chi connectivity index (χ0n) is 31.0. The van der Waals surface area contributed by atoms with Crippen LogP contribution in [0.4, 0.5) is 0 Å². The molecule has 0 bridgehead atoms. The van der Waals surface area contributed by atoms with Crippen LogP contribution in [0.3, 0.4) is 0 Å². The van der Waals surface area contributed by atoms with Crippen molar-refractivity contribution in [3.8, 4) is 44.5 Å². The van der Waals surface area contributed by atoms with Crippen LogP contribution in [0.15, 0.2) is 211 Å². The van der Waals surface area contributed by atoms with Gasteiger partial charge in [0.1, 0.15) is 11.2 Å². The van der Waals surface area contributed by atoms with Gasteiger partial charge in [-0.2, -0.15) is 0 Å². The highest BCUT2D eigenvalue weighted by atomic mass is 16.3. The van der Waals surface area contributed by atoms with Gasteiger partial charge in [-0.25, -0.2) is 0 Å². The Balaban J connectivity index is 1.14. The topological polar surface area (TPSA) is 13.1 Å². The van der Waals surface area contributed by atoms with Crippen LogP contribution in [0.5, 0.6) is 0 Å². The molecular weight excluding hydrogens is 689 g/mol. The SMILES string of the molecule is c1ccc(-c2cc(-c3ccccc3)cc(-c3c4ccccc4c(-c4ccc5c(c4)c4ccccc4c4cc6c(cc54)oc4ccccc46)c4ccccc34)c2)cc1. The van der Waals surface area contributed by atoms with Crippen molar-refractivity contribution in [1.29, 1.82) is 0 Å². The highest BCUT2D eigenvalue weighted by Gasteiger charge is 2.20. The van der Waals surface area contributed by atoms with Crippen molar-refractivity contribution >= 4 is 75.8 Å². The van der Waals surface area contributed by atoms with Crippen molar-refractivity contribution in [2.45, 2.75) is 0 Å². The van der Waals surface area contributed by atoms with Crippen LogP contribution < -0.4 is 0 Å². The highest BCUT2D eigenvalue weighted by Crippen LogP contribution is 2.47. The molecule has 0 saturated heterocycles. The van der Waals surface area contributed by atoms with Crippen LogP contribution in [-0.2, 0) is 0 Å². The van der Waals surface area contributed by atoms with Gasteiger partial charge in [-0.1, -0.05) is 164 Å². The minimum atomic E-state index is 0.920. The molecule has 0 atom stereocenters. The number of rotatable bonds is 4. The van der Waals surface area contributed by atoms with E-state index in [2.05, 4.69) is 200 Å². The van der Waals surface area contributed by atoms with Gasteiger partial charge in [0.15, 0.2) is 0 Å². The summed E-state index contributed by atoms with van der Waals surface area (Å²) in [5.74, 6) is 0. The van der Waals surface area contributed by atoms with Crippen molar-refractivity contribution < 1.29 is 4.42 Å². The van der Waals surface area contributed by atoms with Gasteiger partial charge < -0.3 is 4.42 Å². The third-order valence-electron chi connectivity index (χ3n) is 12.0. The fourth-order valence-corrected chi connectivity index (χ4v) is 9.44. The Hall–Kier alpha value is -7.48. The first-order valence-corrected chi connectivity index (χ1v) is 19.7. The maximum atomic E-state index is 6.42. The van der Waals surface area contributed by atoms with Crippen molar-refractivity contribution in [3.63, 3.8) is 0 Å². The van der Waals surface area contributed by atoms with Gasteiger partial charge in [0.25, 0.3) is 0 Å². The molecule has 57 heavy (non-hydrogen) atoms. The Kier molecular flexibility index (Phi) is 7.00. The van der Waals surface area contributed by atoms with Gasteiger partial charge in [-0.15, -0.1) is 0 Å². The molecule has 1 heteroatoms. The Labute approximate surface area is 329 Å². The van der Waals surface area contributed by atoms with E-state index in [1.54, 1.807) is 0 Å². The summed E-state index contributed by atoms with van der Waals surface area (Å²) in [4.78, 5) is 0. The lowest BCUT2D eigenvalue weighted by Crippen LogP contribution is -1.92. The smallest absolute Gasteiger partial charge is 0.136 e. The maximum Gasteiger partial charge on any atom is 0.136 e. The normalized spacial score (nSPS) is 11.9. The molecule has 0 amide bonds. The van der Waals surface area contributed by atoms with Crippen molar-refractivity contribution in [2.24, 2.45) is 0 Å². The zero-order valence-corrected chi connectivity index (χ0v) is 31.0. The van der Waals surface area contributed by atoms with Gasteiger partial charge in [0.2, 0.25) is 0 Å². The van der Waals surface area contributed by atoms with E-state index in [9.17, 15) is 0 Å². The standard InChI is InChI=1S/C56H34O/c1-3-15-35(16-4-1)38-29-39(36-17-5-2-6-18-36)31-40(30-38)56-47-24-11-9-22-45(47)55(46-23-10-12-25-48(46)56)37-27-28-43-49(32-37)41-19-7-8-20-42(41)50-33-52-44-21-13-14-26-53(44)57-54(52)34-51(43)50/h1-34H. The molecule has 0 aliphatic heterocycles. The van der Waals surface area contributed by atoms with E-state index >= 15 is 0 Å². The minimum absolute atomic E-state index is 0.920. The number of fused-ring (bicyclic) bond motifs is 11. The largest absolute Gasteiger partial charge is 0.456 e. The summed E-state index contributed by atoms with van der Waals surface area (Å²) >= 11 is 0. The van der Waals surface area contributed by atoms with Crippen molar-refractivity contribution in [3.05, 3.63) is 206 Å². The molecule has 12 rings (SSSR count). The number of hydrogen-bond acceptors (Lipinski definition) is 1. The maximum absolute atomic E-state index is 6.42. The summed E-state index contributed by atoms with van der Waals surface area (Å²) in [6.45, 7) is 0. The summed E-state index contributed by atoms with van der Waals surface area (Å²) in [6.07, 6.45) is 0. The monoisotopic (exact) mass is 722 g/mol. The predicted octanol–water partition coefficient (Wildman–Crippen LogP) is 16.0. The molecule has 0 aliphatic carbocycles. The summed E-state index contributed by atoms with van der Waals surface area (Å²) in [5, 5.41) is 14.7. The average Bonchev–Trinajstić information content (AvgIpc) is 3.65. The first kappa shape index (κ1) is 31.8. The molecule has 0 unspecified atom stereocenters. The molecule has 0 saturated carbocycles. The summed E-state index contributed by atoms with van der Waals surface area (Å²) in [6, 6.07) is 75.4. The lowest BCUT2D eigenvalue weighted by molar-refractivity contribution is 0.669. The number of benzene rings is 11. The van der Waals surface area contributed by atoms with E-state index < -0.39 is 0 Å². The quantitative estimate of drug-likeness (QED) is 0.130. The molecule has 0 N–H and O–H groups in total. The lowest BCUT2D eigenvalue weighted by Gasteiger charge is -2.20. The molecule has 11 aromatic carbocycles. The number of furan rings is 1. The van der Waals surface area contributed by atoms with Gasteiger partial charge in [-0.3, -0.25) is 0 Å². The average molecular weight is 723 g/mol. The molecular formula is C56H34O. The van der Waals surface area contributed by atoms with E-state index in [1.165, 1.54) is 98.4 Å². The molecule has 1 heterocycles. The second kappa shape index (κ2) is 12.5.